The number of urea groups is 1. The summed E-state index contributed by atoms with van der Waals surface area (Å²) in [4.78, 5) is 24.5. The van der Waals surface area contributed by atoms with Gasteiger partial charge in [0.1, 0.15) is 11.4 Å². The first kappa shape index (κ1) is 13.4. The number of carbonyl (C=O) groups excluding carboxylic acids is 2. The van der Waals surface area contributed by atoms with E-state index in [0.29, 0.717) is 5.56 Å². The number of phenols is 1. The van der Waals surface area contributed by atoms with Crippen molar-refractivity contribution < 1.29 is 14.7 Å². The Morgan fingerprint density at radius 1 is 1.42 bits per heavy atom. The van der Waals surface area contributed by atoms with Gasteiger partial charge in [0.25, 0.3) is 5.91 Å². The lowest BCUT2D eigenvalue weighted by Gasteiger charge is -2.06. The highest BCUT2D eigenvalue weighted by Crippen LogP contribution is 2.25. The molecule has 5 nitrogen and oxygen atoms in total. The summed E-state index contributed by atoms with van der Waals surface area (Å²) in [5, 5.41) is 12.2. The van der Waals surface area contributed by atoms with Crippen molar-refractivity contribution in [2.45, 2.75) is 0 Å². The first-order valence-corrected chi connectivity index (χ1v) is 6.26. The van der Waals surface area contributed by atoms with Crippen molar-refractivity contribution in [1.29, 1.82) is 0 Å². The molecule has 19 heavy (non-hydrogen) atoms. The standard InChI is InChI=1S/C13H11BrN2O3/c1-2-5-16-12(18)10(15-13(16)19)7-8-6-9(14)3-4-11(8)17/h2-4,6-7,17H,1,5H2,(H,15,19)/b10-7+. The predicted molar refractivity (Wildman–Crippen MR) is 74.2 cm³/mol. The molecular weight excluding hydrogens is 312 g/mol. The molecule has 0 bridgehead atoms. The van der Waals surface area contributed by atoms with E-state index in [9.17, 15) is 14.7 Å². The molecule has 1 fully saturated rings. The second-order valence-corrected chi connectivity index (χ2v) is 4.81. The fourth-order valence-corrected chi connectivity index (χ4v) is 2.04. The molecule has 0 radical (unpaired) electrons. The minimum atomic E-state index is -0.495. The monoisotopic (exact) mass is 322 g/mol. The number of phenolic OH excluding ortho intramolecular Hbond substituents is 1. The highest BCUT2D eigenvalue weighted by molar-refractivity contribution is 9.10. The Hall–Kier alpha value is -2.08. The highest BCUT2D eigenvalue weighted by atomic mass is 79.9. The number of rotatable bonds is 3. The summed E-state index contributed by atoms with van der Waals surface area (Å²) in [6.45, 7) is 3.63. The molecule has 1 aliphatic heterocycles. The van der Waals surface area contributed by atoms with Crippen LogP contribution in [-0.4, -0.2) is 28.5 Å². The average molecular weight is 323 g/mol. The predicted octanol–water partition coefficient (Wildman–Crippen LogP) is 2.23. The van der Waals surface area contributed by atoms with Crippen LogP contribution in [0, 0.1) is 0 Å². The summed E-state index contributed by atoms with van der Waals surface area (Å²) in [5.74, 6) is -0.413. The number of hydrogen-bond donors (Lipinski definition) is 2. The van der Waals surface area contributed by atoms with Gasteiger partial charge in [-0.2, -0.15) is 0 Å². The molecule has 0 atom stereocenters. The highest BCUT2D eigenvalue weighted by Gasteiger charge is 2.32. The largest absolute Gasteiger partial charge is 0.507 e. The van der Waals surface area contributed by atoms with Gasteiger partial charge in [-0.3, -0.25) is 9.69 Å². The molecule has 2 N–H and O–H groups in total. The zero-order chi connectivity index (χ0) is 14.0. The number of amides is 3. The van der Waals surface area contributed by atoms with E-state index >= 15 is 0 Å². The van der Waals surface area contributed by atoms with Gasteiger partial charge in [-0.25, -0.2) is 4.79 Å². The topological polar surface area (TPSA) is 69.6 Å². The SMILES string of the molecule is C=CCN1C(=O)N/C(=C/c2cc(Br)ccc2O)C1=O. The van der Waals surface area contributed by atoms with Crippen molar-refractivity contribution in [2.75, 3.05) is 6.54 Å². The average Bonchev–Trinajstić information content (AvgIpc) is 2.62. The molecule has 1 aliphatic rings. The Morgan fingerprint density at radius 2 is 2.16 bits per heavy atom. The molecule has 3 amide bonds. The Kier molecular flexibility index (Phi) is 3.71. The first-order chi connectivity index (χ1) is 9.02. The lowest BCUT2D eigenvalue weighted by molar-refractivity contribution is -0.122. The number of halogens is 1. The summed E-state index contributed by atoms with van der Waals surface area (Å²) in [7, 11) is 0. The van der Waals surface area contributed by atoms with Crippen LogP contribution >= 0.6 is 15.9 Å². The molecule has 0 saturated carbocycles. The molecule has 0 spiro atoms. The van der Waals surface area contributed by atoms with Crippen molar-refractivity contribution >= 4 is 33.9 Å². The van der Waals surface area contributed by atoms with Crippen LogP contribution in [0.2, 0.25) is 0 Å². The molecule has 1 aromatic carbocycles. The third kappa shape index (κ3) is 2.68. The molecule has 0 aromatic heterocycles. The molecule has 6 heteroatoms. The zero-order valence-corrected chi connectivity index (χ0v) is 11.5. The van der Waals surface area contributed by atoms with E-state index in [-0.39, 0.29) is 18.0 Å². The second kappa shape index (κ2) is 5.27. The summed E-state index contributed by atoms with van der Waals surface area (Å²) < 4.78 is 0.761. The van der Waals surface area contributed by atoms with E-state index in [2.05, 4.69) is 27.8 Å². The fraction of sp³-hybridized carbons (Fsp3) is 0.0769. The van der Waals surface area contributed by atoms with Crippen LogP contribution in [0.5, 0.6) is 5.75 Å². The number of benzene rings is 1. The van der Waals surface area contributed by atoms with Crippen LogP contribution < -0.4 is 5.32 Å². The van der Waals surface area contributed by atoms with Gasteiger partial charge in [0.15, 0.2) is 0 Å². The van der Waals surface area contributed by atoms with E-state index in [1.165, 1.54) is 18.2 Å². The molecule has 1 aromatic rings. The molecule has 98 valence electrons. The maximum atomic E-state index is 11.9. The van der Waals surface area contributed by atoms with E-state index in [1.54, 1.807) is 12.1 Å². The van der Waals surface area contributed by atoms with Gasteiger partial charge in [0.05, 0.1) is 0 Å². The van der Waals surface area contributed by atoms with E-state index < -0.39 is 11.9 Å². The molecule has 1 heterocycles. The van der Waals surface area contributed by atoms with Crippen LogP contribution in [0.25, 0.3) is 6.08 Å². The number of nitrogens with one attached hydrogen (secondary N) is 1. The van der Waals surface area contributed by atoms with Gasteiger partial charge in [-0.1, -0.05) is 22.0 Å². The van der Waals surface area contributed by atoms with Crippen molar-refractivity contribution in [3.63, 3.8) is 0 Å². The number of aromatic hydroxyl groups is 1. The van der Waals surface area contributed by atoms with Crippen LogP contribution in [-0.2, 0) is 4.79 Å². The van der Waals surface area contributed by atoms with Crippen molar-refractivity contribution in [3.8, 4) is 5.75 Å². The minimum Gasteiger partial charge on any atom is -0.507 e. The van der Waals surface area contributed by atoms with Gasteiger partial charge >= 0.3 is 6.03 Å². The Balaban J connectivity index is 2.34. The molecule has 2 rings (SSSR count). The molecule has 0 aliphatic carbocycles. The fourth-order valence-electron chi connectivity index (χ4n) is 1.66. The molecule has 0 unspecified atom stereocenters. The van der Waals surface area contributed by atoms with E-state index in [4.69, 9.17) is 0 Å². The molecule has 1 saturated heterocycles. The van der Waals surface area contributed by atoms with E-state index in [1.807, 2.05) is 0 Å². The Labute approximate surface area is 118 Å². The van der Waals surface area contributed by atoms with Gasteiger partial charge in [-0.05, 0) is 24.3 Å². The number of nitrogens with zero attached hydrogens (tertiary/aromatic N) is 1. The summed E-state index contributed by atoms with van der Waals surface area (Å²) in [5.41, 5.74) is 0.568. The smallest absolute Gasteiger partial charge is 0.329 e. The van der Waals surface area contributed by atoms with Gasteiger partial charge in [0, 0.05) is 16.6 Å². The van der Waals surface area contributed by atoms with Crippen LogP contribution in [0.3, 0.4) is 0 Å². The number of carbonyl (C=O) groups is 2. The van der Waals surface area contributed by atoms with Crippen LogP contribution in [0.4, 0.5) is 4.79 Å². The second-order valence-electron chi connectivity index (χ2n) is 3.90. The van der Waals surface area contributed by atoms with Gasteiger partial charge in [-0.15, -0.1) is 6.58 Å². The van der Waals surface area contributed by atoms with Crippen molar-refractivity contribution in [3.05, 3.63) is 46.6 Å². The Bertz CT molecular complexity index is 596. The van der Waals surface area contributed by atoms with Crippen molar-refractivity contribution in [1.82, 2.24) is 10.2 Å². The minimum absolute atomic E-state index is 0.0277. The maximum absolute atomic E-state index is 11.9. The van der Waals surface area contributed by atoms with Crippen LogP contribution in [0.1, 0.15) is 5.56 Å². The third-order valence-corrected chi connectivity index (χ3v) is 3.06. The van der Waals surface area contributed by atoms with Gasteiger partial charge < -0.3 is 10.4 Å². The third-order valence-electron chi connectivity index (χ3n) is 2.56. The number of hydrogen-bond acceptors (Lipinski definition) is 3. The number of imide groups is 1. The summed E-state index contributed by atoms with van der Waals surface area (Å²) in [6.07, 6.45) is 2.90. The lowest BCUT2D eigenvalue weighted by atomic mass is 10.1. The zero-order valence-electron chi connectivity index (χ0n) is 9.89. The normalized spacial score (nSPS) is 16.9. The summed E-state index contributed by atoms with van der Waals surface area (Å²) in [6, 6.07) is 4.33. The first-order valence-electron chi connectivity index (χ1n) is 5.47. The lowest BCUT2D eigenvalue weighted by Crippen LogP contribution is -2.30. The molecular formula is C13H11BrN2O3. The quantitative estimate of drug-likeness (QED) is 0.509. The Morgan fingerprint density at radius 3 is 2.84 bits per heavy atom. The van der Waals surface area contributed by atoms with Crippen molar-refractivity contribution in [2.24, 2.45) is 0 Å². The maximum Gasteiger partial charge on any atom is 0.329 e. The van der Waals surface area contributed by atoms with Gasteiger partial charge in [0.2, 0.25) is 0 Å². The van der Waals surface area contributed by atoms with E-state index in [0.717, 1.165) is 9.37 Å². The summed E-state index contributed by atoms with van der Waals surface area (Å²) >= 11 is 3.27. The van der Waals surface area contributed by atoms with Crippen LogP contribution in [0.15, 0.2) is 41.0 Å².